The van der Waals surface area contributed by atoms with Crippen LogP contribution in [0.15, 0.2) is 65.8 Å². The van der Waals surface area contributed by atoms with Gasteiger partial charge in [0, 0.05) is 24.2 Å². The molecule has 1 aromatic carbocycles. The number of rotatable bonds is 4. The monoisotopic (exact) mass is 550 g/mol. The molecule has 2 aliphatic rings. The van der Waals surface area contributed by atoms with Crippen LogP contribution in [0.1, 0.15) is 64.9 Å². The fraction of sp³-hybridized carbons (Fsp3) is 0.533. The maximum Gasteiger partial charge on any atom is 0.432 e. The number of carbonyl (C=O) groups is 2. The molecule has 0 saturated carbocycles. The van der Waals surface area contributed by atoms with Gasteiger partial charge in [-0.25, -0.2) is 9.59 Å². The Kier molecular flexibility index (Phi) is 9.49. The van der Waals surface area contributed by atoms with Gasteiger partial charge >= 0.3 is 18.1 Å². The highest BCUT2D eigenvalue weighted by Crippen LogP contribution is 2.44. The van der Waals surface area contributed by atoms with Crippen LogP contribution in [-0.2, 0) is 29.4 Å². The lowest BCUT2D eigenvalue weighted by Gasteiger charge is -2.38. The summed E-state index contributed by atoms with van der Waals surface area (Å²) in [6, 6.07) is 6.57. The molecule has 5 atom stereocenters. The van der Waals surface area contributed by atoms with Gasteiger partial charge in [0.05, 0.1) is 5.60 Å². The number of hydrogen-bond donors (Lipinski definition) is 1. The second-order valence-corrected chi connectivity index (χ2v) is 10.7. The first-order valence-electron chi connectivity index (χ1n) is 13.1. The average molecular weight is 551 g/mol. The van der Waals surface area contributed by atoms with Crippen LogP contribution in [0.25, 0.3) is 0 Å². The highest BCUT2D eigenvalue weighted by atomic mass is 19.4. The number of fused-ring (bicyclic) bond motifs is 1. The van der Waals surface area contributed by atoms with E-state index in [1.54, 1.807) is 0 Å². The predicted molar refractivity (Wildman–Crippen MR) is 139 cm³/mol. The van der Waals surface area contributed by atoms with Crippen molar-refractivity contribution < 1.29 is 42.1 Å². The minimum atomic E-state index is -5.14. The van der Waals surface area contributed by atoms with Crippen molar-refractivity contribution in [2.45, 2.75) is 88.9 Å². The van der Waals surface area contributed by atoms with Gasteiger partial charge in [-0.05, 0) is 65.4 Å². The number of aliphatic hydroxyl groups is 1. The summed E-state index contributed by atoms with van der Waals surface area (Å²) in [4.78, 5) is 25.7. The van der Waals surface area contributed by atoms with Crippen LogP contribution in [0.2, 0.25) is 0 Å². The number of hydrogen-bond acceptors (Lipinski definition) is 6. The van der Waals surface area contributed by atoms with E-state index in [0.717, 1.165) is 36.8 Å². The number of carbonyl (C=O) groups excluding carboxylic acids is 2. The van der Waals surface area contributed by atoms with E-state index >= 15 is 0 Å². The van der Waals surface area contributed by atoms with E-state index in [-0.39, 0.29) is 24.8 Å². The number of halogens is 3. The Balaban J connectivity index is 1.97. The molecule has 6 nitrogen and oxygen atoms in total. The normalized spacial score (nSPS) is 31.4. The van der Waals surface area contributed by atoms with Crippen LogP contribution in [0.5, 0.6) is 0 Å². The van der Waals surface area contributed by atoms with Gasteiger partial charge in [-0.15, -0.1) is 0 Å². The van der Waals surface area contributed by atoms with Crippen LogP contribution in [0.4, 0.5) is 13.2 Å². The maximum absolute atomic E-state index is 14.5. The van der Waals surface area contributed by atoms with Crippen molar-refractivity contribution in [1.29, 1.82) is 0 Å². The van der Waals surface area contributed by atoms with E-state index in [4.69, 9.17) is 14.2 Å². The molecule has 214 valence electrons. The molecule has 1 N–H and O–H groups in total. The zero-order valence-electron chi connectivity index (χ0n) is 22.8. The summed E-state index contributed by atoms with van der Waals surface area (Å²) in [5.41, 5.74) is -3.25. The fourth-order valence-corrected chi connectivity index (χ4v) is 5.20. The SMILES string of the molecule is C=C1C(=O)O[C@H]2/C=C(\C)CC/C=C(\C)CC[C@H](OC(=O)[C@](OC)(c3ccccc3)C(F)(F)F)[C@](C)(O)CC[C@@H]12. The molecule has 0 radical (unpaired) electrons. The summed E-state index contributed by atoms with van der Waals surface area (Å²) in [5.74, 6) is -2.60. The molecule has 1 fully saturated rings. The van der Waals surface area contributed by atoms with E-state index in [1.807, 2.05) is 26.0 Å². The zero-order valence-corrected chi connectivity index (χ0v) is 22.8. The molecule has 0 unspecified atom stereocenters. The zero-order chi connectivity index (χ0) is 29.0. The van der Waals surface area contributed by atoms with Crippen molar-refractivity contribution in [1.82, 2.24) is 0 Å². The smallest absolute Gasteiger partial charge is 0.432 e. The summed E-state index contributed by atoms with van der Waals surface area (Å²) in [6.07, 6.45) is -0.891. The average Bonchev–Trinajstić information content (AvgIpc) is 3.12. The second kappa shape index (κ2) is 12.1. The molecule has 1 aliphatic heterocycles. The molecule has 9 heteroatoms. The third-order valence-electron chi connectivity index (χ3n) is 7.71. The third kappa shape index (κ3) is 6.64. The van der Waals surface area contributed by atoms with E-state index in [1.165, 1.54) is 25.1 Å². The van der Waals surface area contributed by atoms with Gasteiger partial charge < -0.3 is 19.3 Å². The quantitative estimate of drug-likeness (QED) is 0.277. The summed E-state index contributed by atoms with van der Waals surface area (Å²) in [5, 5.41) is 11.5. The number of esters is 2. The van der Waals surface area contributed by atoms with Crippen LogP contribution in [-0.4, -0.2) is 48.1 Å². The second-order valence-electron chi connectivity index (χ2n) is 10.7. The topological polar surface area (TPSA) is 82.1 Å². The molecule has 1 aliphatic carbocycles. The van der Waals surface area contributed by atoms with Crippen molar-refractivity contribution in [2.24, 2.45) is 5.92 Å². The number of alkyl halides is 3. The lowest BCUT2D eigenvalue weighted by atomic mass is 9.82. The largest absolute Gasteiger partial charge is 0.457 e. The molecular formula is C30H37F3O6. The van der Waals surface area contributed by atoms with Gasteiger partial charge in [-0.3, -0.25) is 0 Å². The van der Waals surface area contributed by atoms with Crippen molar-refractivity contribution in [3.8, 4) is 0 Å². The van der Waals surface area contributed by atoms with Crippen molar-refractivity contribution in [2.75, 3.05) is 7.11 Å². The predicted octanol–water partition coefficient (Wildman–Crippen LogP) is 6.10. The first-order valence-corrected chi connectivity index (χ1v) is 13.1. The Morgan fingerprint density at radius 1 is 1.13 bits per heavy atom. The number of ether oxygens (including phenoxy) is 3. The van der Waals surface area contributed by atoms with Crippen LogP contribution in [0, 0.1) is 5.92 Å². The van der Waals surface area contributed by atoms with Gasteiger partial charge in [-0.1, -0.05) is 54.1 Å². The summed E-state index contributed by atoms with van der Waals surface area (Å²) >= 11 is 0. The summed E-state index contributed by atoms with van der Waals surface area (Å²) < 4.78 is 59.3. The molecular weight excluding hydrogens is 513 g/mol. The van der Waals surface area contributed by atoms with E-state index < -0.39 is 53.0 Å². The van der Waals surface area contributed by atoms with Crippen molar-refractivity contribution >= 4 is 11.9 Å². The first kappa shape index (κ1) is 30.6. The van der Waals surface area contributed by atoms with E-state index in [9.17, 15) is 27.9 Å². The Labute approximate surface area is 227 Å². The van der Waals surface area contributed by atoms with Crippen LogP contribution < -0.4 is 0 Å². The van der Waals surface area contributed by atoms with Gasteiger partial charge in [0.15, 0.2) is 0 Å². The first-order chi connectivity index (χ1) is 18.2. The number of allylic oxidation sites excluding steroid dienone is 3. The molecule has 0 spiro atoms. The Morgan fingerprint density at radius 3 is 2.41 bits per heavy atom. The van der Waals surface area contributed by atoms with Gasteiger partial charge in [-0.2, -0.15) is 13.2 Å². The summed E-state index contributed by atoms with van der Waals surface area (Å²) in [6.45, 7) is 9.13. The molecule has 3 rings (SSSR count). The number of benzene rings is 1. The Bertz CT molecular complexity index is 1120. The molecule has 1 aromatic rings. The van der Waals surface area contributed by atoms with Crippen LogP contribution in [0.3, 0.4) is 0 Å². The Hall–Kier alpha value is -2.91. The molecule has 0 bridgehead atoms. The minimum Gasteiger partial charge on any atom is -0.457 e. The van der Waals surface area contributed by atoms with Gasteiger partial charge in [0.2, 0.25) is 0 Å². The van der Waals surface area contributed by atoms with E-state index in [2.05, 4.69) is 6.58 Å². The van der Waals surface area contributed by atoms with E-state index in [0.29, 0.717) is 12.8 Å². The highest BCUT2D eigenvalue weighted by Gasteiger charge is 2.64. The molecule has 39 heavy (non-hydrogen) atoms. The molecule has 0 aromatic heterocycles. The summed E-state index contributed by atoms with van der Waals surface area (Å²) in [7, 11) is 0.804. The molecule has 1 saturated heterocycles. The number of methoxy groups -OCH3 is 1. The minimum absolute atomic E-state index is 0.0226. The highest BCUT2D eigenvalue weighted by molar-refractivity contribution is 5.91. The maximum atomic E-state index is 14.5. The van der Waals surface area contributed by atoms with Gasteiger partial charge in [0.25, 0.3) is 5.60 Å². The van der Waals surface area contributed by atoms with Gasteiger partial charge in [0.1, 0.15) is 12.2 Å². The molecule has 1 heterocycles. The standard InChI is InChI=1S/C30H37F3O6/c1-19-10-9-11-20(2)18-24-23(21(3)26(34)38-24)16-17-28(4,36)25(15-14-19)39-27(35)29(37-5,30(31,32)33)22-12-7-6-8-13-22/h6-8,10,12-13,18,23-25,36H,3,9,11,14-17H2,1-2,4-5H3/b19-10+,20-18+/t23-,24-,25-,28+,29+/m0/s1. The van der Waals surface area contributed by atoms with Crippen molar-refractivity contribution in [3.05, 3.63) is 71.3 Å². The fourth-order valence-electron chi connectivity index (χ4n) is 5.20. The lowest BCUT2D eigenvalue weighted by molar-refractivity contribution is -0.281. The van der Waals surface area contributed by atoms with Crippen molar-refractivity contribution in [3.63, 3.8) is 0 Å². The lowest BCUT2D eigenvalue weighted by Crippen LogP contribution is -2.54. The Morgan fingerprint density at radius 2 is 1.79 bits per heavy atom. The third-order valence-corrected chi connectivity index (χ3v) is 7.71. The molecule has 0 amide bonds. The van der Waals surface area contributed by atoms with Crippen LogP contribution >= 0.6 is 0 Å².